The maximum atomic E-state index is 11.4. The Morgan fingerprint density at radius 1 is 1.62 bits per heavy atom. The van der Waals surface area contributed by atoms with Crippen LogP contribution in [0.25, 0.3) is 0 Å². The standard InChI is InChI=1S/C12H16O3S/c1-3-15-9-5-4-6-10-8(9)7-11(16-10)12(13)14-2/h7,9H,3-6H2,1-2H3. The van der Waals surface area contributed by atoms with E-state index in [4.69, 9.17) is 9.47 Å². The van der Waals surface area contributed by atoms with Crippen molar-refractivity contribution in [3.8, 4) is 0 Å². The van der Waals surface area contributed by atoms with Gasteiger partial charge < -0.3 is 9.47 Å². The molecule has 0 bridgehead atoms. The molecule has 1 heterocycles. The minimum absolute atomic E-state index is 0.170. The van der Waals surface area contributed by atoms with Gasteiger partial charge in [-0.15, -0.1) is 11.3 Å². The van der Waals surface area contributed by atoms with Crippen LogP contribution in [-0.2, 0) is 15.9 Å². The van der Waals surface area contributed by atoms with Gasteiger partial charge in [0.1, 0.15) is 4.88 Å². The maximum absolute atomic E-state index is 11.4. The average Bonchev–Trinajstić information content (AvgIpc) is 2.73. The lowest BCUT2D eigenvalue weighted by Crippen LogP contribution is -2.10. The summed E-state index contributed by atoms with van der Waals surface area (Å²) in [6, 6.07) is 1.94. The van der Waals surface area contributed by atoms with E-state index >= 15 is 0 Å². The first-order valence-corrected chi connectivity index (χ1v) is 6.40. The van der Waals surface area contributed by atoms with Crippen molar-refractivity contribution in [2.24, 2.45) is 0 Å². The van der Waals surface area contributed by atoms with E-state index in [1.54, 1.807) is 11.3 Å². The molecule has 0 spiro atoms. The summed E-state index contributed by atoms with van der Waals surface area (Å²) in [6.07, 6.45) is 3.42. The molecule has 1 aromatic heterocycles. The third-order valence-electron chi connectivity index (χ3n) is 2.81. The van der Waals surface area contributed by atoms with E-state index in [1.165, 1.54) is 17.6 Å². The van der Waals surface area contributed by atoms with E-state index in [0.29, 0.717) is 11.5 Å². The van der Waals surface area contributed by atoms with Crippen LogP contribution in [0, 0.1) is 0 Å². The molecular weight excluding hydrogens is 224 g/mol. The molecule has 3 nitrogen and oxygen atoms in total. The summed E-state index contributed by atoms with van der Waals surface area (Å²) in [5.41, 5.74) is 1.19. The van der Waals surface area contributed by atoms with E-state index in [0.717, 1.165) is 19.3 Å². The van der Waals surface area contributed by atoms with Crippen LogP contribution in [0.5, 0.6) is 0 Å². The molecule has 1 aromatic rings. The van der Waals surface area contributed by atoms with Crippen molar-refractivity contribution in [2.75, 3.05) is 13.7 Å². The predicted molar refractivity (Wildman–Crippen MR) is 63.0 cm³/mol. The van der Waals surface area contributed by atoms with Crippen LogP contribution < -0.4 is 0 Å². The van der Waals surface area contributed by atoms with E-state index in [2.05, 4.69) is 0 Å². The highest BCUT2D eigenvalue weighted by Gasteiger charge is 2.25. The molecule has 0 radical (unpaired) electrons. The van der Waals surface area contributed by atoms with Gasteiger partial charge in [0, 0.05) is 11.5 Å². The molecule has 0 saturated heterocycles. The summed E-state index contributed by atoms with van der Waals surface area (Å²) >= 11 is 1.54. The zero-order valence-electron chi connectivity index (χ0n) is 9.62. The Bertz CT molecular complexity index is 384. The monoisotopic (exact) mass is 240 g/mol. The first kappa shape index (κ1) is 11.6. The second-order valence-electron chi connectivity index (χ2n) is 3.82. The van der Waals surface area contributed by atoms with E-state index in [1.807, 2.05) is 13.0 Å². The molecule has 1 aliphatic carbocycles. The second kappa shape index (κ2) is 4.97. The third-order valence-corrected chi connectivity index (χ3v) is 4.00. The normalized spacial score (nSPS) is 19.2. The number of esters is 1. The highest BCUT2D eigenvalue weighted by atomic mass is 32.1. The molecule has 1 atom stereocenters. The Hall–Kier alpha value is -0.870. The van der Waals surface area contributed by atoms with Crippen molar-refractivity contribution in [3.05, 3.63) is 21.4 Å². The summed E-state index contributed by atoms with van der Waals surface area (Å²) in [4.78, 5) is 13.4. The summed E-state index contributed by atoms with van der Waals surface area (Å²) < 4.78 is 10.4. The van der Waals surface area contributed by atoms with Gasteiger partial charge in [0.25, 0.3) is 0 Å². The Labute approximate surface area is 99.4 Å². The Balaban J connectivity index is 2.27. The van der Waals surface area contributed by atoms with Gasteiger partial charge >= 0.3 is 5.97 Å². The van der Waals surface area contributed by atoms with Crippen LogP contribution in [0.2, 0.25) is 0 Å². The maximum Gasteiger partial charge on any atom is 0.348 e. The van der Waals surface area contributed by atoms with Gasteiger partial charge in [0.2, 0.25) is 0 Å². The predicted octanol–water partition coefficient (Wildman–Crippen LogP) is 2.95. The largest absolute Gasteiger partial charge is 0.465 e. The Morgan fingerprint density at radius 2 is 2.44 bits per heavy atom. The summed E-state index contributed by atoms with van der Waals surface area (Å²) in [5, 5.41) is 0. The molecule has 1 aliphatic rings. The molecule has 88 valence electrons. The Morgan fingerprint density at radius 3 is 3.12 bits per heavy atom. The van der Waals surface area contributed by atoms with Gasteiger partial charge in [0.15, 0.2) is 0 Å². The molecular formula is C12H16O3S. The van der Waals surface area contributed by atoms with Crippen LogP contribution in [0.1, 0.15) is 46.0 Å². The fourth-order valence-electron chi connectivity index (χ4n) is 2.09. The van der Waals surface area contributed by atoms with Crippen LogP contribution in [-0.4, -0.2) is 19.7 Å². The number of carbonyl (C=O) groups is 1. The second-order valence-corrected chi connectivity index (χ2v) is 4.95. The number of methoxy groups -OCH3 is 1. The molecule has 0 amide bonds. The first-order valence-electron chi connectivity index (χ1n) is 5.58. The highest BCUT2D eigenvalue weighted by Crippen LogP contribution is 2.37. The lowest BCUT2D eigenvalue weighted by atomic mass is 9.96. The molecule has 2 rings (SSSR count). The van der Waals surface area contributed by atoms with Crippen LogP contribution in [0.15, 0.2) is 6.07 Å². The van der Waals surface area contributed by atoms with Crippen LogP contribution >= 0.6 is 11.3 Å². The summed E-state index contributed by atoms with van der Waals surface area (Å²) in [6.45, 7) is 2.72. The molecule has 0 N–H and O–H groups in total. The Kier molecular flexibility index (Phi) is 3.61. The SMILES string of the molecule is CCOC1CCCc2sc(C(=O)OC)cc21. The molecule has 0 saturated carbocycles. The van der Waals surface area contributed by atoms with Gasteiger partial charge in [-0.2, -0.15) is 0 Å². The van der Waals surface area contributed by atoms with Crippen molar-refractivity contribution >= 4 is 17.3 Å². The number of hydrogen-bond acceptors (Lipinski definition) is 4. The van der Waals surface area contributed by atoms with Crippen LogP contribution in [0.4, 0.5) is 0 Å². The van der Waals surface area contributed by atoms with Crippen molar-refractivity contribution in [1.29, 1.82) is 0 Å². The zero-order valence-corrected chi connectivity index (χ0v) is 10.4. The number of aryl methyl sites for hydroxylation is 1. The van der Waals surface area contributed by atoms with Gasteiger partial charge in [-0.05, 0) is 37.8 Å². The summed E-state index contributed by atoms with van der Waals surface area (Å²) in [5.74, 6) is -0.241. The molecule has 4 heteroatoms. The lowest BCUT2D eigenvalue weighted by Gasteiger charge is -2.21. The smallest absolute Gasteiger partial charge is 0.348 e. The number of fused-ring (bicyclic) bond motifs is 1. The van der Waals surface area contributed by atoms with Crippen molar-refractivity contribution in [1.82, 2.24) is 0 Å². The minimum Gasteiger partial charge on any atom is -0.465 e. The van der Waals surface area contributed by atoms with Gasteiger partial charge in [-0.1, -0.05) is 0 Å². The number of ether oxygens (including phenoxy) is 2. The van der Waals surface area contributed by atoms with Crippen molar-refractivity contribution in [2.45, 2.75) is 32.3 Å². The average molecular weight is 240 g/mol. The minimum atomic E-state index is -0.241. The molecule has 1 unspecified atom stereocenters. The fraction of sp³-hybridized carbons (Fsp3) is 0.583. The van der Waals surface area contributed by atoms with Gasteiger partial charge in [-0.3, -0.25) is 0 Å². The molecule has 0 aromatic carbocycles. The molecule has 16 heavy (non-hydrogen) atoms. The number of thiophene rings is 1. The highest BCUT2D eigenvalue weighted by molar-refractivity contribution is 7.14. The van der Waals surface area contributed by atoms with E-state index in [-0.39, 0.29) is 12.1 Å². The number of carbonyl (C=O) groups excluding carboxylic acids is 1. The van der Waals surface area contributed by atoms with Crippen molar-refractivity contribution in [3.63, 3.8) is 0 Å². The fourth-order valence-corrected chi connectivity index (χ4v) is 3.26. The number of rotatable bonds is 3. The topological polar surface area (TPSA) is 35.5 Å². The lowest BCUT2D eigenvalue weighted by molar-refractivity contribution is 0.0505. The quantitative estimate of drug-likeness (QED) is 0.762. The molecule has 0 fully saturated rings. The first-order chi connectivity index (χ1) is 7.76. The van der Waals surface area contributed by atoms with Crippen LogP contribution in [0.3, 0.4) is 0 Å². The van der Waals surface area contributed by atoms with Crippen molar-refractivity contribution < 1.29 is 14.3 Å². The zero-order chi connectivity index (χ0) is 11.5. The van der Waals surface area contributed by atoms with E-state index in [9.17, 15) is 4.79 Å². The van der Waals surface area contributed by atoms with Gasteiger partial charge in [0.05, 0.1) is 13.2 Å². The summed E-state index contributed by atoms with van der Waals surface area (Å²) in [7, 11) is 1.42. The molecule has 0 aliphatic heterocycles. The third kappa shape index (κ3) is 2.13. The van der Waals surface area contributed by atoms with E-state index < -0.39 is 0 Å². The number of hydrogen-bond donors (Lipinski definition) is 0. The van der Waals surface area contributed by atoms with Gasteiger partial charge in [-0.25, -0.2) is 4.79 Å².